The van der Waals surface area contributed by atoms with E-state index in [1.54, 1.807) is 6.92 Å². The number of ether oxygens (including phenoxy) is 1. The molecule has 0 heterocycles. The normalized spacial score (nSPS) is 10.1. The second kappa shape index (κ2) is 6.92. The molecule has 0 radical (unpaired) electrons. The van der Waals surface area contributed by atoms with E-state index in [1.807, 2.05) is 32.0 Å². The van der Waals surface area contributed by atoms with E-state index < -0.39 is 5.97 Å². The van der Waals surface area contributed by atoms with E-state index in [0.29, 0.717) is 6.42 Å². The maximum atomic E-state index is 12.1. The van der Waals surface area contributed by atoms with Crippen LogP contribution < -0.4 is 4.90 Å². The van der Waals surface area contributed by atoms with Gasteiger partial charge in [-0.1, -0.05) is 32.0 Å². The van der Waals surface area contributed by atoms with Gasteiger partial charge in [0.2, 0.25) is 5.91 Å². The molecule has 19 heavy (non-hydrogen) atoms. The quantitative estimate of drug-likeness (QED) is 0.767. The molecule has 0 saturated heterocycles. The lowest BCUT2D eigenvalue weighted by atomic mass is 10.0. The first-order valence-corrected chi connectivity index (χ1v) is 6.50. The second-order valence-corrected chi connectivity index (χ2v) is 4.35. The number of carbonyl (C=O) groups is 2. The Morgan fingerprint density at radius 3 is 2.47 bits per heavy atom. The molecule has 0 bridgehead atoms. The summed E-state index contributed by atoms with van der Waals surface area (Å²) in [5.74, 6) is -0.485. The molecule has 0 aliphatic heterocycles. The fourth-order valence-electron chi connectivity index (χ4n) is 2.07. The monoisotopic (exact) mass is 263 g/mol. The Bertz CT molecular complexity index is 468. The van der Waals surface area contributed by atoms with Crippen LogP contribution in [-0.4, -0.2) is 25.5 Å². The Balaban J connectivity index is 3.24. The van der Waals surface area contributed by atoms with Gasteiger partial charge in [-0.15, -0.1) is 0 Å². The molecule has 104 valence electrons. The lowest BCUT2D eigenvalue weighted by molar-refractivity contribution is -0.140. The van der Waals surface area contributed by atoms with Crippen molar-refractivity contribution in [2.45, 2.75) is 33.6 Å². The molecular weight excluding hydrogens is 242 g/mol. The van der Waals surface area contributed by atoms with E-state index in [9.17, 15) is 9.59 Å². The topological polar surface area (TPSA) is 46.6 Å². The minimum absolute atomic E-state index is 0.0406. The van der Waals surface area contributed by atoms with E-state index in [0.717, 1.165) is 23.2 Å². The van der Waals surface area contributed by atoms with Crippen LogP contribution in [0.25, 0.3) is 0 Å². The molecule has 0 aromatic heterocycles. The van der Waals surface area contributed by atoms with Gasteiger partial charge in [-0.05, 0) is 24.5 Å². The third-order valence-electron chi connectivity index (χ3n) is 3.09. The number of rotatable bonds is 5. The largest absolute Gasteiger partial charge is 0.468 e. The summed E-state index contributed by atoms with van der Waals surface area (Å²) in [7, 11) is 1.33. The summed E-state index contributed by atoms with van der Waals surface area (Å²) in [6, 6.07) is 5.89. The van der Waals surface area contributed by atoms with E-state index in [4.69, 9.17) is 0 Å². The first-order valence-electron chi connectivity index (χ1n) is 6.50. The molecule has 4 heteroatoms. The zero-order valence-electron chi connectivity index (χ0n) is 12.0. The summed E-state index contributed by atoms with van der Waals surface area (Å²) < 4.78 is 4.68. The van der Waals surface area contributed by atoms with E-state index in [1.165, 1.54) is 12.0 Å². The van der Waals surface area contributed by atoms with Crippen molar-refractivity contribution in [1.82, 2.24) is 0 Å². The maximum absolute atomic E-state index is 12.1. The van der Waals surface area contributed by atoms with Gasteiger partial charge in [-0.2, -0.15) is 0 Å². The van der Waals surface area contributed by atoms with Gasteiger partial charge in [-0.3, -0.25) is 9.59 Å². The van der Waals surface area contributed by atoms with Crippen molar-refractivity contribution in [2.75, 3.05) is 18.6 Å². The number of benzene rings is 1. The van der Waals surface area contributed by atoms with Gasteiger partial charge in [0.05, 0.1) is 12.8 Å². The molecule has 0 aliphatic rings. The van der Waals surface area contributed by atoms with Crippen LogP contribution in [0, 0.1) is 6.92 Å². The fourth-order valence-corrected chi connectivity index (χ4v) is 2.07. The summed E-state index contributed by atoms with van der Waals surface area (Å²) in [6.45, 7) is 5.73. The Labute approximate surface area is 114 Å². The molecule has 0 fully saturated rings. The van der Waals surface area contributed by atoms with Gasteiger partial charge in [0.25, 0.3) is 0 Å². The van der Waals surface area contributed by atoms with E-state index in [-0.39, 0.29) is 12.5 Å². The number of nitrogens with zero attached hydrogens (tertiary/aromatic N) is 1. The smallest absolute Gasteiger partial charge is 0.325 e. The number of amides is 1. The minimum atomic E-state index is -0.410. The van der Waals surface area contributed by atoms with Crippen LogP contribution in [0.15, 0.2) is 18.2 Å². The Kier molecular flexibility index (Phi) is 5.55. The maximum Gasteiger partial charge on any atom is 0.325 e. The summed E-state index contributed by atoms with van der Waals surface area (Å²) in [5.41, 5.74) is 2.89. The molecule has 1 rings (SSSR count). The van der Waals surface area contributed by atoms with Gasteiger partial charge >= 0.3 is 5.97 Å². The van der Waals surface area contributed by atoms with Crippen molar-refractivity contribution in [2.24, 2.45) is 0 Å². The van der Waals surface area contributed by atoms with Crippen LogP contribution in [0.1, 0.15) is 31.4 Å². The van der Waals surface area contributed by atoms with E-state index >= 15 is 0 Å². The molecule has 0 aliphatic carbocycles. The summed E-state index contributed by atoms with van der Waals surface area (Å²) in [6.07, 6.45) is 1.17. The Morgan fingerprint density at radius 1 is 1.26 bits per heavy atom. The predicted molar refractivity (Wildman–Crippen MR) is 75.2 cm³/mol. The van der Waals surface area contributed by atoms with Gasteiger partial charge in [0.1, 0.15) is 6.54 Å². The molecule has 0 N–H and O–H groups in total. The highest BCUT2D eigenvalue weighted by atomic mass is 16.5. The number of methoxy groups -OCH3 is 1. The molecule has 0 spiro atoms. The van der Waals surface area contributed by atoms with Crippen LogP contribution in [0.2, 0.25) is 0 Å². The van der Waals surface area contributed by atoms with Crippen molar-refractivity contribution in [3.8, 4) is 0 Å². The molecule has 0 saturated carbocycles. The van der Waals surface area contributed by atoms with E-state index in [2.05, 4.69) is 4.74 Å². The number of esters is 1. The van der Waals surface area contributed by atoms with Gasteiger partial charge in [0, 0.05) is 6.42 Å². The molecule has 1 aromatic rings. The summed E-state index contributed by atoms with van der Waals surface area (Å²) >= 11 is 0. The fraction of sp³-hybridized carbons (Fsp3) is 0.467. The highest BCUT2D eigenvalue weighted by molar-refractivity contribution is 5.98. The molecule has 4 nitrogen and oxygen atoms in total. The van der Waals surface area contributed by atoms with Crippen molar-refractivity contribution in [3.63, 3.8) is 0 Å². The highest BCUT2D eigenvalue weighted by Gasteiger charge is 2.21. The number of hydrogen-bond acceptors (Lipinski definition) is 3. The third kappa shape index (κ3) is 3.56. The molecule has 0 unspecified atom stereocenters. The summed E-state index contributed by atoms with van der Waals surface area (Å²) in [5, 5.41) is 0. The first-order chi connectivity index (χ1) is 9.04. The zero-order chi connectivity index (χ0) is 14.4. The van der Waals surface area contributed by atoms with Crippen molar-refractivity contribution < 1.29 is 14.3 Å². The van der Waals surface area contributed by atoms with Crippen molar-refractivity contribution in [3.05, 3.63) is 29.3 Å². The predicted octanol–water partition coefficient (Wildman–Crippen LogP) is 2.47. The van der Waals surface area contributed by atoms with Gasteiger partial charge in [0.15, 0.2) is 0 Å². The summed E-state index contributed by atoms with van der Waals surface area (Å²) in [4.78, 5) is 25.1. The average Bonchev–Trinajstić information content (AvgIpc) is 2.43. The zero-order valence-corrected chi connectivity index (χ0v) is 12.0. The lowest BCUT2D eigenvalue weighted by Crippen LogP contribution is -2.37. The van der Waals surface area contributed by atoms with Gasteiger partial charge in [-0.25, -0.2) is 0 Å². The van der Waals surface area contributed by atoms with Crippen LogP contribution in [0.5, 0.6) is 0 Å². The van der Waals surface area contributed by atoms with Crippen LogP contribution >= 0.6 is 0 Å². The van der Waals surface area contributed by atoms with Gasteiger partial charge < -0.3 is 9.64 Å². The molecule has 0 atom stereocenters. The second-order valence-electron chi connectivity index (χ2n) is 4.35. The average molecular weight is 263 g/mol. The first kappa shape index (κ1) is 15.2. The standard InChI is InChI=1S/C15H21NO3/c1-5-12-9-7-8-11(3)15(12)16(13(17)6-2)10-14(18)19-4/h7-9H,5-6,10H2,1-4H3. The Hall–Kier alpha value is -1.84. The number of hydrogen-bond donors (Lipinski definition) is 0. The van der Waals surface area contributed by atoms with Crippen LogP contribution in [0.3, 0.4) is 0 Å². The Morgan fingerprint density at radius 2 is 1.95 bits per heavy atom. The SMILES string of the molecule is CCC(=O)N(CC(=O)OC)c1c(C)cccc1CC. The van der Waals surface area contributed by atoms with Crippen LogP contribution in [0.4, 0.5) is 5.69 Å². The number of carbonyl (C=O) groups excluding carboxylic acids is 2. The number of anilines is 1. The molecular formula is C15H21NO3. The third-order valence-corrected chi connectivity index (χ3v) is 3.09. The number of aryl methyl sites for hydroxylation is 2. The highest BCUT2D eigenvalue weighted by Crippen LogP contribution is 2.26. The number of para-hydroxylation sites is 1. The van der Waals surface area contributed by atoms with Crippen molar-refractivity contribution in [1.29, 1.82) is 0 Å². The minimum Gasteiger partial charge on any atom is -0.468 e. The molecule has 1 aromatic carbocycles. The van der Waals surface area contributed by atoms with Crippen LogP contribution in [-0.2, 0) is 20.7 Å². The molecule has 1 amide bonds. The lowest BCUT2D eigenvalue weighted by Gasteiger charge is -2.25. The van der Waals surface area contributed by atoms with Crippen molar-refractivity contribution >= 4 is 17.6 Å².